The number of ether oxygens (including phenoxy) is 1. The first-order valence-corrected chi connectivity index (χ1v) is 8.63. The molecule has 1 aliphatic rings. The molecule has 127 valence electrons. The van der Waals surface area contributed by atoms with E-state index in [0.29, 0.717) is 0 Å². The largest absolute Gasteiger partial charge is 0.497 e. The van der Waals surface area contributed by atoms with Gasteiger partial charge in [-0.05, 0) is 42.5 Å². The second kappa shape index (κ2) is 6.28. The molecule has 0 saturated heterocycles. The summed E-state index contributed by atoms with van der Waals surface area (Å²) in [7, 11) is 1.66. The zero-order valence-corrected chi connectivity index (χ0v) is 14.3. The van der Waals surface area contributed by atoms with Gasteiger partial charge in [0.25, 0.3) is 0 Å². The highest BCUT2D eigenvalue weighted by Crippen LogP contribution is 2.40. The number of fused-ring (bicyclic) bond motifs is 3. The summed E-state index contributed by atoms with van der Waals surface area (Å²) < 4.78 is 7.70. The van der Waals surface area contributed by atoms with Crippen molar-refractivity contribution in [2.24, 2.45) is 5.73 Å². The highest BCUT2D eigenvalue weighted by molar-refractivity contribution is 5.93. The van der Waals surface area contributed by atoms with Crippen LogP contribution in [0.4, 0.5) is 0 Å². The van der Waals surface area contributed by atoms with E-state index in [2.05, 4.69) is 22.8 Å². The van der Waals surface area contributed by atoms with Gasteiger partial charge < -0.3 is 15.0 Å². The Balaban J connectivity index is 1.95. The lowest BCUT2D eigenvalue weighted by atomic mass is 9.84. The fraction of sp³-hybridized carbons (Fsp3) is 0.286. The van der Waals surface area contributed by atoms with Gasteiger partial charge in [0.05, 0.1) is 18.5 Å². The van der Waals surface area contributed by atoms with E-state index in [-0.39, 0.29) is 11.8 Å². The zero-order chi connectivity index (χ0) is 17.4. The molecule has 1 atom stereocenters. The van der Waals surface area contributed by atoms with Gasteiger partial charge in [0, 0.05) is 23.7 Å². The number of benzene rings is 2. The number of carbonyl (C=O) groups is 1. The Morgan fingerprint density at radius 2 is 2.16 bits per heavy atom. The van der Waals surface area contributed by atoms with Crippen molar-refractivity contribution in [3.05, 3.63) is 65.4 Å². The van der Waals surface area contributed by atoms with Crippen molar-refractivity contribution in [3.8, 4) is 5.75 Å². The van der Waals surface area contributed by atoms with Crippen molar-refractivity contribution in [1.82, 2.24) is 4.57 Å². The predicted octanol–water partition coefficient (Wildman–Crippen LogP) is 3.40. The number of carbonyl (C=O) groups excluding carboxylic acids is 1. The van der Waals surface area contributed by atoms with E-state index in [9.17, 15) is 4.79 Å². The average Bonchev–Trinajstić information content (AvgIpc) is 2.95. The molecular weight excluding hydrogens is 312 g/mol. The number of amides is 1. The minimum Gasteiger partial charge on any atom is -0.497 e. The molecule has 1 aliphatic carbocycles. The molecule has 1 heterocycles. The number of nitrogens with two attached hydrogens (primary N) is 1. The van der Waals surface area contributed by atoms with Crippen LogP contribution in [0.3, 0.4) is 0 Å². The summed E-state index contributed by atoms with van der Waals surface area (Å²) in [6, 6.07) is 17.6. The molecule has 1 aromatic heterocycles. The Hall–Kier alpha value is -2.75. The van der Waals surface area contributed by atoms with Crippen molar-refractivity contribution < 1.29 is 9.53 Å². The van der Waals surface area contributed by atoms with Gasteiger partial charge in [0.1, 0.15) is 5.75 Å². The van der Waals surface area contributed by atoms with Gasteiger partial charge in [0.2, 0.25) is 5.91 Å². The minimum atomic E-state index is -0.246. The Kier molecular flexibility index (Phi) is 3.96. The van der Waals surface area contributed by atoms with Gasteiger partial charge in [0.15, 0.2) is 0 Å². The maximum absolute atomic E-state index is 12.0. The molecule has 0 fully saturated rings. The predicted molar refractivity (Wildman–Crippen MR) is 97.7 cm³/mol. The Labute approximate surface area is 147 Å². The van der Waals surface area contributed by atoms with Gasteiger partial charge in [-0.15, -0.1) is 0 Å². The SMILES string of the molecule is COc1c[c]c2c3c(n(Cc4ccccc4)c2c1)CCCC3C(N)=O. The Morgan fingerprint density at radius 3 is 2.88 bits per heavy atom. The fourth-order valence-electron chi connectivity index (χ4n) is 3.94. The average molecular weight is 333 g/mol. The molecule has 4 nitrogen and oxygen atoms in total. The normalized spacial score (nSPS) is 16.6. The molecule has 4 rings (SSSR count). The number of aromatic nitrogens is 1. The van der Waals surface area contributed by atoms with Gasteiger partial charge in [-0.2, -0.15) is 0 Å². The molecule has 4 heteroatoms. The third-order valence-corrected chi connectivity index (χ3v) is 5.11. The summed E-state index contributed by atoms with van der Waals surface area (Å²) in [4.78, 5) is 12.0. The summed E-state index contributed by atoms with van der Waals surface area (Å²) in [6.07, 6.45) is 2.74. The molecule has 3 aromatic rings. The van der Waals surface area contributed by atoms with Crippen LogP contribution in [0, 0.1) is 6.07 Å². The molecule has 0 spiro atoms. The molecule has 2 aromatic carbocycles. The minimum absolute atomic E-state index is 0.229. The first-order chi connectivity index (χ1) is 12.2. The third-order valence-electron chi connectivity index (χ3n) is 5.11. The van der Waals surface area contributed by atoms with Crippen LogP contribution in [-0.4, -0.2) is 17.6 Å². The van der Waals surface area contributed by atoms with Crippen molar-refractivity contribution in [1.29, 1.82) is 0 Å². The second-order valence-corrected chi connectivity index (χ2v) is 6.58. The highest BCUT2D eigenvalue weighted by atomic mass is 16.5. The highest BCUT2D eigenvalue weighted by Gasteiger charge is 2.31. The van der Waals surface area contributed by atoms with E-state index in [4.69, 9.17) is 10.5 Å². The van der Waals surface area contributed by atoms with Crippen LogP contribution < -0.4 is 10.5 Å². The van der Waals surface area contributed by atoms with Crippen LogP contribution in [0.25, 0.3) is 10.9 Å². The van der Waals surface area contributed by atoms with E-state index in [0.717, 1.165) is 48.0 Å². The van der Waals surface area contributed by atoms with Crippen LogP contribution in [0.15, 0.2) is 42.5 Å². The lowest BCUT2D eigenvalue weighted by molar-refractivity contribution is -0.119. The Morgan fingerprint density at radius 1 is 1.36 bits per heavy atom. The first kappa shape index (κ1) is 15.8. The van der Waals surface area contributed by atoms with Crippen molar-refractivity contribution in [3.63, 3.8) is 0 Å². The third kappa shape index (κ3) is 2.68. The van der Waals surface area contributed by atoms with E-state index in [1.807, 2.05) is 30.3 Å². The number of hydrogen-bond acceptors (Lipinski definition) is 2. The molecule has 1 amide bonds. The van der Waals surface area contributed by atoms with E-state index in [1.165, 1.54) is 11.3 Å². The smallest absolute Gasteiger partial charge is 0.225 e. The monoisotopic (exact) mass is 333 g/mol. The molecular formula is C21H21N2O2. The summed E-state index contributed by atoms with van der Waals surface area (Å²) in [5.41, 5.74) is 10.3. The van der Waals surface area contributed by atoms with Crippen LogP contribution in [0.1, 0.15) is 35.6 Å². The number of methoxy groups -OCH3 is 1. The van der Waals surface area contributed by atoms with Gasteiger partial charge in [-0.1, -0.05) is 30.3 Å². The number of hydrogen-bond donors (Lipinski definition) is 1. The summed E-state index contributed by atoms with van der Waals surface area (Å²) in [5, 5.41) is 0.996. The number of primary amides is 1. The summed E-state index contributed by atoms with van der Waals surface area (Å²) in [6.45, 7) is 0.763. The van der Waals surface area contributed by atoms with Crippen molar-refractivity contribution >= 4 is 16.8 Å². The molecule has 1 radical (unpaired) electrons. The summed E-state index contributed by atoms with van der Waals surface area (Å²) in [5.74, 6) is 0.295. The molecule has 0 bridgehead atoms. The van der Waals surface area contributed by atoms with Crippen LogP contribution >= 0.6 is 0 Å². The van der Waals surface area contributed by atoms with E-state index < -0.39 is 0 Å². The number of rotatable bonds is 4. The first-order valence-electron chi connectivity index (χ1n) is 8.63. The van der Waals surface area contributed by atoms with Gasteiger partial charge >= 0.3 is 0 Å². The molecule has 0 aliphatic heterocycles. The summed E-state index contributed by atoms with van der Waals surface area (Å²) >= 11 is 0. The Bertz CT molecular complexity index is 928. The quantitative estimate of drug-likeness (QED) is 0.795. The lowest BCUT2D eigenvalue weighted by Gasteiger charge is -2.22. The second-order valence-electron chi connectivity index (χ2n) is 6.58. The van der Waals surface area contributed by atoms with Gasteiger partial charge in [-0.25, -0.2) is 0 Å². The molecule has 2 N–H and O–H groups in total. The number of nitrogens with zero attached hydrogens (tertiary/aromatic N) is 1. The zero-order valence-electron chi connectivity index (χ0n) is 14.3. The maximum atomic E-state index is 12.0. The molecule has 25 heavy (non-hydrogen) atoms. The molecule has 0 saturated carbocycles. The molecule has 1 unspecified atom stereocenters. The standard InChI is InChI=1S/C21H21N2O2/c1-25-15-10-11-16-19(12-15)23(13-14-6-3-2-4-7-14)18-9-5-8-17(20(16)18)21(22)24/h2-4,6-7,10,12,17H,5,8-9,13H2,1H3,(H2,22,24). The van der Waals surface area contributed by atoms with Crippen LogP contribution in [-0.2, 0) is 17.8 Å². The van der Waals surface area contributed by atoms with Crippen LogP contribution in [0.2, 0.25) is 0 Å². The fourth-order valence-corrected chi connectivity index (χ4v) is 3.94. The van der Waals surface area contributed by atoms with E-state index in [1.54, 1.807) is 7.11 Å². The van der Waals surface area contributed by atoms with Gasteiger partial charge in [-0.3, -0.25) is 4.79 Å². The topological polar surface area (TPSA) is 57.2 Å². The van der Waals surface area contributed by atoms with E-state index >= 15 is 0 Å². The van der Waals surface area contributed by atoms with Crippen molar-refractivity contribution in [2.75, 3.05) is 7.11 Å². The van der Waals surface area contributed by atoms with Crippen LogP contribution in [0.5, 0.6) is 5.75 Å². The van der Waals surface area contributed by atoms with Crippen molar-refractivity contribution in [2.45, 2.75) is 31.7 Å². The lowest BCUT2D eigenvalue weighted by Crippen LogP contribution is -2.25. The maximum Gasteiger partial charge on any atom is 0.225 e.